The number of aromatic nitrogens is 2. The van der Waals surface area contributed by atoms with Gasteiger partial charge in [-0.2, -0.15) is 5.10 Å². The minimum Gasteiger partial charge on any atom is -0.493 e. The number of Topliss-reactive ketones (excluding diaryl/α,β-unsaturated/α-hetero) is 1. The molecule has 4 rings (SSSR count). The largest absolute Gasteiger partial charge is 0.493 e. The highest BCUT2D eigenvalue weighted by Crippen LogP contribution is 2.42. The number of carbonyl (C=O) groups excluding carboxylic acids is 1. The standard InChI is InChI=1S/C26H30N2O3/c1-17(29)14-22(23-16-27-28-18(23)2)20-12-13-25(26(15-20)30-3)31-24-11-7-6-10-21(24)19-8-4-5-9-19/h6-7,10-13,15-16,19,22H,4-5,8-9,14H2,1-3H3,(H,27,28). The van der Waals surface area contributed by atoms with E-state index in [4.69, 9.17) is 9.47 Å². The van der Waals surface area contributed by atoms with Gasteiger partial charge >= 0.3 is 0 Å². The van der Waals surface area contributed by atoms with Gasteiger partial charge in [0.2, 0.25) is 0 Å². The first-order chi connectivity index (χ1) is 15.1. The molecule has 1 atom stereocenters. The van der Waals surface area contributed by atoms with E-state index in [9.17, 15) is 4.79 Å². The van der Waals surface area contributed by atoms with Crippen LogP contribution in [0.15, 0.2) is 48.7 Å². The lowest BCUT2D eigenvalue weighted by atomic mass is 9.87. The molecular formula is C26H30N2O3. The van der Waals surface area contributed by atoms with Crippen molar-refractivity contribution in [3.05, 3.63) is 71.0 Å². The molecule has 0 saturated heterocycles. The first-order valence-corrected chi connectivity index (χ1v) is 11.0. The molecule has 0 spiro atoms. The summed E-state index contributed by atoms with van der Waals surface area (Å²) in [5.74, 6) is 2.85. The molecule has 0 bridgehead atoms. The topological polar surface area (TPSA) is 64.2 Å². The molecule has 0 radical (unpaired) electrons. The number of para-hydroxylation sites is 1. The van der Waals surface area contributed by atoms with E-state index in [1.54, 1.807) is 14.0 Å². The van der Waals surface area contributed by atoms with Gasteiger partial charge < -0.3 is 9.47 Å². The van der Waals surface area contributed by atoms with Gasteiger partial charge in [-0.3, -0.25) is 9.89 Å². The van der Waals surface area contributed by atoms with Crippen LogP contribution in [0, 0.1) is 6.92 Å². The summed E-state index contributed by atoms with van der Waals surface area (Å²) in [6, 6.07) is 14.3. The van der Waals surface area contributed by atoms with Crippen molar-refractivity contribution >= 4 is 5.78 Å². The average Bonchev–Trinajstić information content (AvgIpc) is 3.45. The highest BCUT2D eigenvalue weighted by molar-refractivity contribution is 5.77. The zero-order valence-electron chi connectivity index (χ0n) is 18.5. The van der Waals surface area contributed by atoms with Gasteiger partial charge in [-0.15, -0.1) is 0 Å². The van der Waals surface area contributed by atoms with Crippen LogP contribution < -0.4 is 9.47 Å². The van der Waals surface area contributed by atoms with Crippen LogP contribution in [0.5, 0.6) is 17.2 Å². The van der Waals surface area contributed by atoms with Crippen LogP contribution in [0.2, 0.25) is 0 Å². The van der Waals surface area contributed by atoms with E-state index in [1.165, 1.54) is 31.2 Å². The summed E-state index contributed by atoms with van der Waals surface area (Å²) in [5.41, 5.74) is 4.20. The minimum absolute atomic E-state index is 0.0787. The molecule has 3 aromatic rings. The number of nitrogens with one attached hydrogen (secondary N) is 1. The number of nitrogens with zero attached hydrogens (tertiary/aromatic N) is 1. The lowest BCUT2D eigenvalue weighted by Gasteiger charge is -2.20. The number of benzene rings is 2. The molecule has 1 aliphatic carbocycles. The zero-order chi connectivity index (χ0) is 21.8. The zero-order valence-corrected chi connectivity index (χ0v) is 18.5. The molecule has 1 heterocycles. The quantitative estimate of drug-likeness (QED) is 0.467. The normalized spacial score (nSPS) is 15.1. The number of hydrogen-bond donors (Lipinski definition) is 1. The Morgan fingerprint density at radius 2 is 1.90 bits per heavy atom. The highest BCUT2D eigenvalue weighted by Gasteiger charge is 2.23. The molecular weight excluding hydrogens is 388 g/mol. The summed E-state index contributed by atoms with van der Waals surface area (Å²) in [6.07, 6.45) is 7.27. The SMILES string of the molecule is COc1cc(C(CC(C)=O)c2c[nH]nc2C)ccc1Oc1ccccc1C1CCCC1. The second-order valence-corrected chi connectivity index (χ2v) is 8.42. The van der Waals surface area contributed by atoms with E-state index >= 15 is 0 Å². The summed E-state index contributed by atoms with van der Waals surface area (Å²) >= 11 is 0. The molecule has 5 heteroatoms. The minimum atomic E-state index is -0.0787. The van der Waals surface area contributed by atoms with Crippen LogP contribution in [-0.4, -0.2) is 23.1 Å². The van der Waals surface area contributed by atoms with E-state index in [-0.39, 0.29) is 11.7 Å². The molecule has 1 saturated carbocycles. The summed E-state index contributed by atoms with van der Waals surface area (Å²) < 4.78 is 12.1. The average molecular weight is 419 g/mol. The molecule has 1 aromatic heterocycles. The predicted octanol–water partition coefficient (Wildman–Crippen LogP) is 6.29. The number of hydrogen-bond acceptors (Lipinski definition) is 4. The summed E-state index contributed by atoms with van der Waals surface area (Å²) in [4.78, 5) is 12.0. The summed E-state index contributed by atoms with van der Waals surface area (Å²) in [6.45, 7) is 3.57. The molecule has 1 N–H and O–H groups in total. The number of aromatic amines is 1. The van der Waals surface area contributed by atoms with Crippen molar-refractivity contribution in [3.8, 4) is 17.2 Å². The maximum atomic E-state index is 12.0. The fraction of sp³-hybridized carbons (Fsp3) is 0.385. The van der Waals surface area contributed by atoms with Gasteiger partial charge in [0, 0.05) is 24.1 Å². The predicted molar refractivity (Wildman–Crippen MR) is 121 cm³/mol. The van der Waals surface area contributed by atoms with Crippen molar-refractivity contribution in [1.82, 2.24) is 10.2 Å². The van der Waals surface area contributed by atoms with Crippen LogP contribution in [0.25, 0.3) is 0 Å². The van der Waals surface area contributed by atoms with Gasteiger partial charge in [-0.25, -0.2) is 0 Å². The number of methoxy groups -OCH3 is 1. The first kappa shape index (κ1) is 21.2. The maximum absolute atomic E-state index is 12.0. The van der Waals surface area contributed by atoms with Crippen LogP contribution in [0.4, 0.5) is 0 Å². The Bertz CT molecular complexity index is 1050. The molecule has 5 nitrogen and oxygen atoms in total. The Morgan fingerprint density at radius 3 is 2.58 bits per heavy atom. The number of aryl methyl sites for hydroxylation is 1. The van der Waals surface area contributed by atoms with E-state index in [0.29, 0.717) is 23.8 Å². The molecule has 0 aliphatic heterocycles. The smallest absolute Gasteiger partial charge is 0.169 e. The number of carbonyl (C=O) groups is 1. The van der Waals surface area contributed by atoms with E-state index < -0.39 is 0 Å². The van der Waals surface area contributed by atoms with Gasteiger partial charge in [0.1, 0.15) is 11.5 Å². The van der Waals surface area contributed by atoms with E-state index in [2.05, 4.69) is 22.3 Å². The van der Waals surface area contributed by atoms with Crippen molar-refractivity contribution in [2.24, 2.45) is 0 Å². The van der Waals surface area contributed by atoms with Crippen LogP contribution in [-0.2, 0) is 4.79 Å². The second-order valence-electron chi connectivity index (χ2n) is 8.42. The van der Waals surface area contributed by atoms with Crippen LogP contribution in [0.3, 0.4) is 0 Å². The lowest BCUT2D eigenvalue weighted by Crippen LogP contribution is -2.07. The van der Waals surface area contributed by atoms with Gasteiger partial charge in [0.15, 0.2) is 11.5 Å². The van der Waals surface area contributed by atoms with Crippen molar-refractivity contribution in [2.75, 3.05) is 7.11 Å². The molecule has 1 fully saturated rings. The second kappa shape index (κ2) is 9.38. The van der Waals surface area contributed by atoms with Crippen LogP contribution in [0.1, 0.15) is 73.2 Å². The Hall–Kier alpha value is -3.08. The Morgan fingerprint density at radius 1 is 1.13 bits per heavy atom. The maximum Gasteiger partial charge on any atom is 0.169 e. The Kier molecular flexibility index (Phi) is 6.40. The van der Waals surface area contributed by atoms with Gasteiger partial charge in [-0.05, 0) is 61.9 Å². The molecule has 2 aromatic carbocycles. The van der Waals surface area contributed by atoms with E-state index in [0.717, 1.165) is 22.6 Å². The van der Waals surface area contributed by atoms with E-state index in [1.807, 2.05) is 43.5 Å². The molecule has 31 heavy (non-hydrogen) atoms. The Labute approximate surface area is 183 Å². The number of ketones is 1. The fourth-order valence-electron chi connectivity index (χ4n) is 4.67. The number of ether oxygens (including phenoxy) is 2. The van der Waals surface area contributed by atoms with Crippen molar-refractivity contribution in [2.45, 2.75) is 57.8 Å². The monoisotopic (exact) mass is 418 g/mol. The van der Waals surface area contributed by atoms with Gasteiger partial charge in [0.05, 0.1) is 12.8 Å². The molecule has 162 valence electrons. The van der Waals surface area contributed by atoms with Crippen molar-refractivity contribution < 1.29 is 14.3 Å². The first-order valence-electron chi connectivity index (χ1n) is 11.0. The molecule has 0 amide bonds. The van der Waals surface area contributed by atoms with Gasteiger partial charge in [0.25, 0.3) is 0 Å². The third-order valence-electron chi connectivity index (χ3n) is 6.26. The summed E-state index contributed by atoms with van der Waals surface area (Å²) in [7, 11) is 1.65. The van der Waals surface area contributed by atoms with Crippen molar-refractivity contribution in [1.29, 1.82) is 0 Å². The Balaban J connectivity index is 1.66. The fourth-order valence-corrected chi connectivity index (χ4v) is 4.67. The summed E-state index contributed by atoms with van der Waals surface area (Å²) in [5, 5.41) is 7.15. The number of rotatable bonds is 8. The third-order valence-corrected chi connectivity index (χ3v) is 6.26. The van der Waals surface area contributed by atoms with Gasteiger partial charge in [-0.1, -0.05) is 37.1 Å². The molecule has 1 unspecified atom stereocenters. The molecule has 1 aliphatic rings. The number of H-pyrrole nitrogens is 1. The third kappa shape index (κ3) is 4.66. The lowest BCUT2D eigenvalue weighted by molar-refractivity contribution is -0.117. The van der Waals surface area contributed by atoms with Crippen LogP contribution >= 0.6 is 0 Å². The highest BCUT2D eigenvalue weighted by atomic mass is 16.5. The van der Waals surface area contributed by atoms with Crippen molar-refractivity contribution in [3.63, 3.8) is 0 Å².